The molecule has 5 rings (SSSR count). The third kappa shape index (κ3) is 4.14. The molecule has 0 atom stereocenters. The van der Waals surface area contributed by atoms with E-state index < -0.39 is 0 Å². The number of rotatable bonds is 5. The molecule has 164 valence electrons. The second-order valence-electron chi connectivity index (χ2n) is 8.27. The van der Waals surface area contributed by atoms with Crippen molar-refractivity contribution in [2.75, 3.05) is 57.1 Å². The van der Waals surface area contributed by atoms with E-state index in [4.69, 9.17) is 9.15 Å². The number of anilines is 2. The molecule has 0 saturated carbocycles. The van der Waals surface area contributed by atoms with Crippen LogP contribution in [0.2, 0.25) is 0 Å². The molecule has 0 amide bonds. The monoisotopic (exact) mass is 428 g/mol. The van der Waals surface area contributed by atoms with Gasteiger partial charge in [0.1, 0.15) is 5.75 Å². The maximum Gasteiger partial charge on any atom is 0.127 e. The third-order valence-electron chi connectivity index (χ3n) is 6.19. The summed E-state index contributed by atoms with van der Waals surface area (Å²) in [6, 6.07) is 14.8. The van der Waals surface area contributed by atoms with Crippen LogP contribution >= 0.6 is 0 Å². The average molecular weight is 429 g/mol. The highest BCUT2D eigenvalue weighted by Crippen LogP contribution is 2.36. The minimum Gasteiger partial charge on any atom is -0.496 e. The molecule has 0 aliphatic carbocycles. The number of fused-ring (bicyclic) bond motifs is 1. The van der Waals surface area contributed by atoms with E-state index in [9.17, 15) is 0 Å². The third-order valence-corrected chi connectivity index (χ3v) is 6.19. The number of hydrogen-bond acceptors (Lipinski definition) is 6. The van der Waals surface area contributed by atoms with Crippen molar-refractivity contribution in [1.29, 1.82) is 0 Å². The van der Waals surface area contributed by atoms with Gasteiger partial charge in [0.15, 0.2) is 0 Å². The van der Waals surface area contributed by atoms with Gasteiger partial charge in [0, 0.05) is 66.7 Å². The second-order valence-corrected chi connectivity index (χ2v) is 8.27. The first kappa shape index (κ1) is 20.4. The summed E-state index contributed by atoms with van der Waals surface area (Å²) in [6.45, 7) is 5.00. The molecule has 1 N–H and O–H groups in total. The Kier molecular flexibility index (Phi) is 5.69. The van der Waals surface area contributed by atoms with Crippen molar-refractivity contribution in [1.82, 2.24) is 4.90 Å². The number of hydrogen-bond donors (Lipinski definition) is 1. The van der Waals surface area contributed by atoms with Crippen LogP contribution in [0, 0.1) is 0 Å². The molecule has 1 aromatic heterocycles. The number of piperazine rings is 1. The van der Waals surface area contributed by atoms with E-state index in [2.05, 4.69) is 63.7 Å². The van der Waals surface area contributed by atoms with Crippen molar-refractivity contribution in [3.63, 3.8) is 0 Å². The molecule has 2 aromatic carbocycles. The molecule has 2 aliphatic rings. The highest BCUT2D eigenvalue weighted by Gasteiger charge is 2.17. The van der Waals surface area contributed by atoms with Crippen molar-refractivity contribution in [3.8, 4) is 16.9 Å². The van der Waals surface area contributed by atoms with Crippen LogP contribution in [0.4, 0.5) is 11.4 Å². The van der Waals surface area contributed by atoms with E-state index in [1.165, 1.54) is 5.69 Å². The molecule has 3 aromatic rings. The largest absolute Gasteiger partial charge is 0.496 e. The van der Waals surface area contributed by atoms with Gasteiger partial charge in [-0.25, -0.2) is 0 Å². The summed E-state index contributed by atoms with van der Waals surface area (Å²) >= 11 is 0. The SMILES string of the molecule is COc1cc2c(cc1-c1ccoc1)C(=CNc1ccc(N3CCN(C)CC3)cc1)CN=C2. The fourth-order valence-electron chi connectivity index (χ4n) is 4.25. The Hall–Kier alpha value is -3.51. The maximum absolute atomic E-state index is 5.62. The zero-order valence-electron chi connectivity index (χ0n) is 18.5. The van der Waals surface area contributed by atoms with Gasteiger partial charge in [-0.05, 0) is 60.6 Å². The number of aliphatic imine (C=N–C) groups is 1. The van der Waals surface area contributed by atoms with Crippen LogP contribution in [0.5, 0.6) is 5.75 Å². The average Bonchev–Trinajstić information content (AvgIpc) is 3.37. The Morgan fingerprint density at radius 2 is 1.84 bits per heavy atom. The zero-order chi connectivity index (χ0) is 21.9. The number of methoxy groups -OCH3 is 1. The van der Waals surface area contributed by atoms with Crippen molar-refractivity contribution < 1.29 is 9.15 Å². The number of benzene rings is 2. The predicted octanol–water partition coefficient (Wildman–Crippen LogP) is 4.59. The fourth-order valence-corrected chi connectivity index (χ4v) is 4.25. The molecule has 0 spiro atoms. The number of likely N-dealkylation sites (N-methyl/N-ethyl adjacent to an activating group) is 1. The number of nitrogens with zero attached hydrogens (tertiary/aromatic N) is 3. The lowest BCUT2D eigenvalue weighted by atomic mass is 9.93. The van der Waals surface area contributed by atoms with Crippen molar-refractivity contribution in [2.24, 2.45) is 4.99 Å². The van der Waals surface area contributed by atoms with Crippen molar-refractivity contribution in [2.45, 2.75) is 0 Å². The lowest BCUT2D eigenvalue weighted by molar-refractivity contribution is 0.313. The molecule has 32 heavy (non-hydrogen) atoms. The Balaban J connectivity index is 1.37. The van der Waals surface area contributed by atoms with Gasteiger partial charge >= 0.3 is 0 Å². The summed E-state index contributed by atoms with van der Waals surface area (Å²) in [5, 5.41) is 3.46. The highest BCUT2D eigenvalue weighted by molar-refractivity contribution is 5.95. The van der Waals surface area contributed by atoms with E-state index in [0.29, 0.717) is 6.54 Å². The van der Waals surface area contributed by atoms with Gasteiger partial charge in [0.25, 0.3) is 0 Å². The van der Waals surface area contributed by atoms with Crippen molar-refractivity contribution >= 4 is 23.2 Å². The molecule has 2 aliphatic heterocycles. The van der Waals surface area contributed by atoms with Gasteiger partial charge in [-0.3, -0.25) is 4.99 Å². The summed E-state index contributed by atoms with van der Waals surface area (Å²) in [7, 11) is 3.87. The van der Waals surface area contributed by atoms with E-state index in [1.54, 1.807) is 19.6 Å². The Labute approximate surface area is 188 Å². The minimum absolute atomic E-state index is 0.635. The smallest absolute Gasteiger partial charge is 0.127 e. The molecule has 0 bridgehead atoms. The quantitative estimate of drug-likeness (QED) is 0.644. The standard InChI is InChI=1S/C26H28N4O2/c1-29-8-10-30(11-9-29)23-5-3-22(4-6-23)28-17-21-16-27-15-20-13-26(31-2)25(14-24(20)21)19-7-12-32-18-19/h3-7,12-15,17-18,28H,8-11,16H2,1-2H3. The minimum atomic E-state index is 0.635. The van der Waals surface area contributed by atoms with E-state index in [1.807, 2.05) is 18.3 Å². The van der Waals surface area contributed by atoms with Gasteiger partial charge in [-0.1, -0.05) is 0 Å². The summed E-state index contributed by atoms with van der Waals surface area (Å²) in [5.74, 6) is 0.810. The van der Waals surface area contributed by atoms with Gasteiger partial charge in [-0.2, -0.15) is 0 Å². The second kappa shape index (κ2) is 8.93. The lowest BCUT2D eigenvalue weighted by Crippen LogP contribution is -2.44. The van der Waals surface area contributed by atoms with Gasteiger partial charge in [0.2, 0.25) is 0 Å². The number of furan rings is 1. The Morgan fingerprint density at radius 1 is 1.03 bits per heavy atom. The normalized spacial score (nSPS) is 17.4. The summed E-state index contributed by atoms with van der Waals surface area (Å²) < 4.78 is 10.9. The molecular weight excluding hydrogens is 400 g/mol. The lowest BCUT2D eigenvalue weighted by Gasteiger charge is -2.34. The molecule has 0 radical (unpaired) electrons. The first-order chi connectivity index (χ1) is 15.7. The molecule has 1 fully saturated rings. The molecule has 6 heteroatoms. The zero-order valence-corrected chi connectivity index (χ0v) is 18.5. The Bertz CT molecular complexity index is 1130. The number of nitrogens with one attached hydrogen (secondary N) is 1. The van der Waals surface area contributed by atoms with Crippen LogP contribution in [0.3, 0.4) is 0 Å². The van der Waals surface area contributed by atoms with Crippen LogP contribution in [-0.4, -0.2) is 58.0 Å². The first-order valence-corrected chi connectivity index (χ1v) is 11.0. The summed E-state index contributed by atoms with van der Waals surface area (Å²) in [6.07, 6.45) is 7.40. The molecular formula is C26H28N4O2. The summed E-state index contributed by atoms with van der Waals surface area (Å²) in [4.78, 5) is 9.36. The van der Waals surface area contributed by atoms with E-state index in [-0.39, 0.29) is 0 Å². The van der Waals surface area contributed by atoms with Gasteiger partial charge in [-0.15, -0.1) is 0 Å². The Morgan fingerprint density at radius 3 is 2.56 bits per heavy atom. The van der Waals surface area contributed by atoms with E-state index >= 15 is 0 Å². The molecule has 6 nitrogen and oxygen atoms in total. The van der Waals surface area contributed by atoms with Crippen LogP contribution < -0.4 is 15.0 Å². The van der Waals surface area contributed by atoms with E-state index in [0.717, 1.165) is 65.4 Å². The summed E-state index contributed by atoms with van der Waals surface area (Å²) in [5.41, 5.74) is 7.70. The van der Waals surface area contributed by atoms with Gasteiger partial charge < -0.3 is 24.3 Å². The maximum atomic E-state index is 5.62. The first-order valence-electron chi connectivity index (χ1n) is 11.0. The van der Waals surface area contributed by atoms with Gasteiger partial charge in [0.05, 0.1) is 26.2 Å². The highest BCUT2D eigenvalue weighted by atomic mass is 16.5. The van der Waals surface area contributed by atoms with Crippen molar-refractivity contribution in [3.05, 3.63) is 72.3 Å². The van der Waals surface area contributed by atoms with Crippen LogP contribution in [0.15, 0.2) is 70.6 Å². The molecule has 3 heterocycles. The molecule has 1 saturated heterocycles. The number of ether oxygens (including phenoxy) is 1. The van der Waals surface area contributed by atoms with Crippen LogP contribution in [0.1, 0.15) is 11.1 Å². The molecule has 0 unspecified atom stereocenters. The van der Waals surface area contributed by atoms with Crippen LogP contribution in [-0.2, 0) is 0 Å². The predicted molar refractivity (Wildman–Crippen MR) is 131 cm³/mol. The topological polar surface area (TPSA) is 53.2 Å². The fraction of sp³-hybridized carbons (Fsp3) is 0.269. The van der Waals surface area contributed by atoms with Crippen LogP contribution in [0.25, 0.3) is 16.7 Å².